The van der Waals surface area contributed by atoms with E-state index in [9.17, 15) is 0 Å². The molecule has 0 aromatic heterocycles. The summed E-state index contributed by atoms with van der Waals surface area (Å²) in [7, 11) is 0. The van der Waals surface area contributed by atoms with Crippen molar-refractivity contribution < 1.29 is 35.1 Å². The number of hydrogen-bond donors (Lipinski definition) is 0. The highest BCUT2D eigenvalue weighted by atomic mass is 19.2. The van der Waals surface area contributed by atoms with Crippen molar-refractivity contribution in [3.63, 3.8) is 0 Å². The van der Waals surface area contributed by atoms with Gasteiger partial charge in [-0.3, -0.25) is 0 Å². The van der Waals surface area contributed by atoms with Crippen molar-refractivity contribution in [1.82, 2.24) is 0 Å². The molecule has 0 unspecified atom stereocenters. The molecule has 0 heterocycles. The maximum absolute atomic E-state index is 15.9. The van der Waals surface area contributed by atoms with E-state index in [0.717, 1.165) is 89.0 Å². The lowest BCUT2D eigenvalue weighted by molar-refractivity contribution is 0.463. The summed E-state index contributed by atoms with van der Waals surface area (Å²) in [4.78, 5) is 0. The van der Waals surface area contributed by atoms with Gasteiger partial charge in [-0.1, -0.05) is 243 Å². The number of rotatable bonds is 0. The second kappa shape index (κ2) is 20.1. The zero-order valence-electron chi connectivity index (χ0n) is 42.1. The van der Waals surface area contributed by atoms with Crippen molar-refractivity contribution >= 4 is 0 Å². The normalized spacial score (nSPS) is 11.5. The van der Waals surface area contributed by atoms with E-state index >= 15 is 35.1 Å². The molecule has 0 amide bonds. The van der Waals surface area contributed by atoms with E-state index in [1.165, 1.54) is 48.5 Å². The second-order valence-electron chi connectivity index (χ2n) is 19.8. The van der Waals surface area contributed by atoms with E-state index in [-0.39, 0.29) is 22.3 Å². The van der Waals surface area contributed by atoms with Crippen LogP contribution in [0.25, 0.3) is 134 Å². The number of hydrogen-bond acceptors (Lipinski definition) is 0. The topological polar surface area (TPSA) is 0 Å². The molecule has 34 aliphatic rings. The zero-order valence-corrected chi connectivity index (χ0v) is 42.1. The Bertz CT molecular complexity index is 3680. The average molecular weight is 1060 g/mol. The molecule has 0 nitrogen and oxygen atoms in total. The Balaban J connectivity index is 0.825. The molecule has 0 N–H and O–H groups in total. The Hall–Kier alpha value is -9.92. The molecule has 0 atom stereocenters. The van der Waals surface area contributed by atoms with Gasteiger partial charge in [-0.15, -0.1) is 0 Å². The highest BCUT2D eigenvalue weighted by molar-refractivity contribution is 5.82. The third-order valence-corrected chi connectivity index (χ3v) is 15.2. The van der Waals surface area contributed by atoms with Crippen LogP contribution in [-0.2, 0) is 0 Å². The monoisotopic (exact) mass is 1060 g/mol. The predicted octanol–water partition coefficient (Wildman–Crippen LogP) is 21.1. The van der Waals surface area contributed by atoms with Gasteiger partial charge in [0.25, 0.3) is 0 Å². The van der Waals surface area contributed by atoms with Gasteiger partial charge in [0.2, 0.25) is 0 Å². The summed E-state index contributed by atoms with van der Waals surface area (Å²) in [5.74, 6) is -11.9. The van der Waals surface area contributed by atoms with Gasteiger partial charge in [0.1, 0.15) is 0 Å². The smallest absolute Gasteiger partial charge is 0.170 e. The Morgan fingerprint density at radius 2 is 0.163 bits per heavy atom. The summed E-state index contributed by atoms with van der Waals surface area (Å²) in [5, 5.41) is 0. The summed E-state index contributed by atoms with van der Waals surface area (Å²) >= 11 is 0. The summed E-state index contributed by atoms with van der Waals surface area (Å²) in [6, 6.07) is 71.6. The predicted molar refractivity (Wildman–Crippen MR) is 305 cm³/mol. The van der Waals surface area contributed by atoms with Crippen LogP contribution in [0.4, 0.5) is 35.1 Å². The van der Waals surface area contributed by atoms with Crippen LogP contribution >= 0.6 is 0 Å². The minimum atomic E-state index is -1.49. The fraction of sp³-hybridized carbons (Fsp3) is 0. The molecule has 8 heteroatoms. The lowest BCUT2D eigenvalue weighted by Gasteiger charge is -2.14. The van der Waals surface area contributed by atoms with E-state index in [1.54, 1.807) is 48.5 Å². The third kappa shape index (κ3) is 8.85. The molecule has 24 bridgehead atoms. The van der Waals surface area contributed by atoms with Crippen molar-refractivity contribution in [3.8, 4) is 134 Å². The largest absolute Gasteiger partial charge is 0.203 e. The molecule has 0 spiro atoms. The van der Waals surface area contributed by atoms with Crippen LogP contribution in [0.1, 0.15) is 0 Å². The van der Waals surface area contributed by atoms with E-state index in [0.29, 0.717) is 0 Å². The van der Waals surface area contributed by atoms with E-state index in [2.05, 4.69) is 0 Å². The van der Waals surface area contributed by atoms with Gasteiger partial charge < -0.3 is 0 Å². The lowest BCUT2D eigenvalue weighted by atomic mass is 9.93. The third-order valence-electron chi connectivity index (χ3n) is 15.2. The van der Waals surface area contributed by atoms with E-state index < -0.39 is 68.8 Å². The average Bonchev–Trinajstić information content (AvgIpc) is 3.55. The van der Waals surface area contributed by atoms with E-state index in [1.807, 2.05) is 146 Å². The molecule has 0 saturated heterocycles. The molecule has 80 heavy (non-hydrogen) atoms. The van der Waals surface area contributed by atoms with Gasteiger partial charge in [-0.2, -0.15) is 0 Å². The van der Waals surface area contributed by atoms with Crippen molar-refractivity contribution in [2.45, 2.75) is 0 Å². The van der Waals surface area contributed by atoms with Crippen LogP contribution in [0.15, 0.2) is 243 Å². The Kier molecular flexibility index (Phi) is 12.5. The van der Waals surface area contributed by atoms with Gasteiger partial charge in [0.15, 0.2) is 46.5 Å². The Morgan fingerprint density at radius 1 is 0.100 bits per heavy atom. The molecule has 0 fully saturated rings. The second-order valence-corrected chi connectivity index (χ2v) is 19.8. The SMILES string of the molecule is Fc1c(F)c2c(F)c(F)c1-c1ccc(cc1)-c1ccc(cc1)-c1ccc(cc1)-c1ccc(cc1)-c1ccc(cc1)-c1c(F)c(F)c(c(F)c1F)-c1ccc(cc1)-c1ccc(cc1)-c1ccc(cc1)-c1ccc(cc1)-c1ccc-2cc1. The van der Waals surface area contributed by atoms with Crippen LogP contribution in [0.5, 0.6) is 0 Å². The van der Waals surface area contributed by atoms with Crippen molar-refractivity contribution in [2.24, 2.45) is 0 Å². The first-order valence-corrected chi connectivity index (χ1v) is 25.7. The fourth-order valence-electron chi connectivity index (χ4n) is 10.7. The molecule has 12 aromatic rings. The van der Waals surface area contributed by atoms with Crippen molar-refractivity contribution in [1.29, 1.82) is 0 Å². The molecular formula is C72H40F8. The van der Waals surface area contributed by atoms with Gasteiger partial charge >= 0.3 is 0 Å². The Morgan fingerprint density at radius 3 is 0.237 bits per heavy atom. The number of halogens is 8. The molecular weight excluding hydrogens is 1020 g/mol. The molecule has 12 aromatic carbocycles. The highest BCUT2D eigenvalue weighted by Gasteiger charge is 2.29. The first-order chi connectivity index (χ1) is 38.9. The molecule has 384 valence electrons. The van der Waals surface area contributed by atoms with Crippen LogP contribution in [0.3, 0.4) is 0 Å². The van der Waals surface area contributed by atoms with Crippen LogP contribution in [0.2, 0.25) is 0 Å². The summed E-state index contributed by atoms with van der Waals surface area (Å²) in [5.41, 5.74) is 10.5. The molecule has 46 rings (SSSR count). The van der Waals surface area contributed by atoms with Gasteiger partial charge in [-0.25, -0.2) is 35.1 Å². The molecule has 0 radical (unpaired) electrons. The first kappa shape index (κ1) is 49.6. The van der Waals surface area contributed by atoms with Crippen LogP contribution in [-0.4, -0.2) is 0 Å². The van der Waals surface area contributed by atoms with E-state index in [4.69, 9.17) is 0 Å². The molecule has 0 saturated carbocycles. The first-order valence-electron chi connectivity index (χ1n) is 25.7. The minimum absolute atomic E-state index is 0.0186. The van der Waals surface area contributed by atoms with Gasteiger partial charge in [0.05, 0.1) is 22.3 Å². The van der Waals surface area contributed by atoms with Crippen LogP contribution in [0, 0.1) is 46.5 Å². The van der Waals surface area contributed by atoms with Gasteiger partial charge in [0, 0.05) is 0 Å². The lowest BCUT2D eigenvalue weighted by Crippen LogP contribution is -2.03. The van der Waals surface area contributed by atoms with Gasteiger partial charge in [-0.05, 0) is 111 Å². The molecule has 0 aliphatic heterocycles. The standard InChI is InChI=1S/C72H40F8/c73-65-61-57-33-25-53(26-34-57)49-17-9-45(10-18-49)41-1-2-42(4-3-41)46-11-19-50(20-12-46)54-27-35-58(36-28-54)62-67(75)71(79)64(72(80)68(62)76)60-39-31-56(32-40-60)52-23-15-48(16-24-52)44-7-5-43(6-8-44)47-13-21-51(22-14-47)55-29-37-59(38-30-55)63(69(65)77)70(78)66(61)74/h1-40H. The molecule has 34 aliphatic carbocycles. The highest BCUT2D eigenvalue weighted by Crippen LogP contribution is 2.41. The summed E-state index contributed by atoms with van der Waals surface area (Å²) in [6.07, 6.45) is 0. The minimum Gasteiger partial charge on any atom is -0.203 e. The Labute approximate surface area is 455 Å². The fourth-order valence-corrected chi connectivity index (χ4v) is 10.7. The van der Waals surface area contributed by atoms with Crippen LogP contribution < -0.4 is 0 Å². The maximum atomic E-state index is 15.9. The van der Waals surface area contributed by atoms with Crippen molar-refractivity contribution in [2.75, 3.05) is 0 Å². The summed E-state index contributed by atoms with van der Waals surface area (Å²) < 4.78 is 127. The summed E-state index contributed by atoms with van der Waals surface area (Å²) in [6.45, 7) is 0. The zero-order chi connectivity index (χ0) is 54.8. The number of benzene rings is 12. The quantitative estimate of drug-likeness (QED) is 0.105. The van der Waals surface area contributed by atoms with Crippen molar-refractivity contribution in [3.05, 3.63) is 289 Å². The maximum Gasteiger partial charge on any atom is 0.170 e.